The van der Waals surface area contributed by atoms with E-state index >= 15 is 0 Å². The summed E-state index contributed by atoms with van der Waals surface area (Å²) in [5.41, 5.74) is -0.197. The molecule has 0 saturated carbocycles. The molecule has 4 unspecified atom stereocenters. The average Bonchev–Trinajstić information content (AvgIpc) is 3.22. The zero-order valence-electron chi connectivity index (χ0n) is 36.2. The van der Waals surface area contributed by atoms with Gasteiger partial charge in [-0.3, -0.25) is 0 Å². The van der Waals surface area contributed by atoms with Crippen molar-refractivity contribution in [2.24, 2.45) is 11.8 Å². The highest BCUT2D eigenvalue weighted by molar-refractivity contribution is 9.10. The molecule has 2 amide bonds. The molecule has 0 aliphatic carbocycles. The smallest absolute Gasteiger partial charge is 0.410 e. The molecule has 4 aromatic carbocycles. The zero-order valence-corrected chi connectivity index (χ0v) is 41.0. The number of amides is 2. The van der Waals surface area contributed by atoms with E-state index in [1.54, 1.807) is 87.7 Å². The van der Waals surface area contributed by atoms with E-state index in [1.807, 2.05) is 0 Å². The molecular formula is C46H50Br2F2N2O10S2. The van der Waals surface area contributed by atoms with Crippen LogP contribution in [0.25, 0.3) is 0 Å². The number of piperidine rings is 2. The van der Waals surface area contributed by atoms with Crippen molar-refractivity contribution in [3.05, 3.63) is 117 Å². The summed E-state index contributed by atoms with van der Waals surface area (Å²) in [6.45, 7) is 11.7. The summed E-state index contributed by atoms with van der Waals surface area (Å²) in [5, 5.41) is 0. The van der Waals surface area contributed by atoms with Crippen molar-refractivity contribution in [2.75, 3.05) is 39.4 Å². The number of carbonyl (C=O) groups is 2. The number of ether oxygens (including phenoxy) is 4. The highest BCUT2D eigenvalue weighted by Gasteiger charge is 2.60. The molecule has 344 valence electrons. The van der Waals surface area contributed by atoms with E-state index in [9.17, 15) is 35.2 Å². The van der Waals surface area contributed by atoms with Gasteiger partial charge < -0.3 is 28.7 Å². The number of rotatable bonds is 4. The minimum Gasteiger partial charge on any atom is -0.493 e. The number of fused-ring (bicyclic) bond motifs is 6. The maximum Gasteiger partial charge on any atom is 0.410 e. The first-order valence-electron chi connectivity index (χ1n) is 20.7. The fourth-order valence-electron chi connectivity index (χ4n) is 9.04. The predicted octanol–water partition coefficient (Wildman–Crippen LogP) is 9.81. The lowest BCUT2D eigenvalue weighted by molar-refractivity contribution is 0.00390. The number of carbonyl (C=O) groups excluding carboxylic acids is 2. The minimum absolute atomic E-state index is 0.0467. The molecule has 2 fully saturated rings. The molecule has 4 aliphatic heterocycles. The highest BCUT2D eigenvalue weighted by Crippen LogP contribution is 2.55. The molecule has 8 rings (SSSR count). The molecule has 4 aliphatic rings. The quantitative estimate of drug-likeness (QED) is 0.181. The molecule has 2 saturated heterocycles. The molecule has 0 N–H and O–H groups in total. The predicted molar refractivity (Wildman–Crippen MR) is 242 cm³/mol. The standard InChI is InChI=1S/2C23H25BrFNO5S/c2*1-22(2,3)31-21(27)26-11-10-23(32(28,29)18-7-5-17(25)6-8-18)15(13-26)14-30-20-12-16(24)4-9-19(20)23/h2*4-9,12,15H,10-11,13-14H2,1-3H3. The molecule has 0 spiro atoms. The van der Waals surface area contributed by atoms with Crippen LogP contribution in [0.5, 0.6) is 11.5 Å². The lowest BCUT2D eigenvalue weighted by Gasteiger charge is -2.49. The van der Waals surface area contributed by atoms with E-state index < -0.39 is 76.0 Å². The molecule has 4 atom stereocenters. The first-order chi connectivity index (χ1) is 29.9. The highest BCUT2D eigenvalue weighted by atomic mass is 79.9. The Morgan fingerprint density at radius 3 is 1.28 bits per heavy atom. The van der Waals surface area contributed by atoms with Gasteiger partial charge in [0.15, 0.2) is 19.7 Å². The second-order valence-corrected chi connectivity index (χ2v) is 24.6. The van der Waals surface area contributed by atoms with E-state index in [1.165, 1.54) is 24.3 Å². The number of hydrogen-bond acceptors (Lipinski definition) is 10. The van der Waals surface area contributed by atoms with Gasteiger partial charge in [-0.2, -0.15) is 0 Å². The summed E-state index contributed by atoms with van der Waals surface area (Å²) < 4.78 is 105. The van der Waals surface area contributed by atoms with Crippen LogP contribution in [-0.2, 0) is 38.6 Å². The third kappa shape index (κ3) is 9.00. The van der Waals surface area contributed by atoms with E-state index in [0.717, 1.165) is 33.2 Å². The van der Waals surface area contributed by atoms with E-state index in [4.69, 9.17) is 18.9 Å². The van der Waals surface area contributed by atoms with Crippen molar-refractivity contribution in [3.8, 4) is 11.5 Å². The number of benzene rings is 4. The molecule has 0 aromatic heterocycles. The summed E-state index contributed by atoms with van der Waals surface area (Å²) in [6.07, 6.45) is -0.609. The van der Waals surface area contributed by atoms with Crippen molar-refractivity contribution >= 4 is 63.7 Å². The van der Waals surface area contributed by atoms with Crippen LogP contribution in [0.4, 0.5) is 18.4 Å². The van der Waals surface area contributed by atoms with Gasteiger partial charge in [-0.15, -0.1) is 0 Å². The van der Waals surface area contributed by atoms with Crippen LogP contribution in [0, 0.1) is 23.5 Å². The average molecular weight is 1050 g/mol. The Balaban J connectivity index is 0.000000191. The van der Waals surface area contributed by atoms with E-state index in [-0.39, 0.29) is 62.0 Å². The van der Waals surface area contributed by atoms with Gasteiger partial charge in [0, 0.05) is 58.1 Å². The second-order valence-electron chi connectivity index (χ2n) is 18.3. The van der Waals surface area contributed by atoms with Crippen LogP contribution in [0.1, 0.15) is 65.5 Å². The van der Waals surface area contributed by atoms with Crippen molar-refractivity contribution in [2.45, 2.75) is 84.9 Å². The molecular weight excluding hydrogens is 1000 g/mol. The zero-order chi connectivity index (χ0) is 46.6. The van der Waals surface area contributed by atoms with Crippen molar-refractivity contribution in [3.63, 3.8) is 0 Å². The van der Waals surface area contributed by atoms with Gasteiger partial charge in [0.05, 0.1) is 23.0 Å². The SMILES string of the molecule is CC(C)(C)OC(=O)N1CCC2(S(=O)(=O)c3ccc(F)cc3)c3ccc(Br)cc3OCC2C1.CC(C)(C)OC(=O)N1CCC2(S(=O)(=O)c3ccc(F)cc3)c3ccc(Br)cc3OCC2C1. The van der Waals surface area contributed by atoms with Crippen molar-refractivity contribution in [1.29, 1.82) is 0 Å². The van der Waals surface area contributed by atoms with Crippen LogP contribution in [0.15, 0.2) is 104 Å². The van der Waals surface area contributed by atoms with Gasteiger partial charge in [-0.1, -0.05) is 44.0 Å². The lowest BCUT2D eigenvalue weighted by atomic mass is 9.78. The molecule has 18 heteroatoms. The van der Waals surface area contributed by atoms with Crippen LogP contribution >= 0.6 is 31.9 Å². The summed E-state index contributed by atoms with van der Waals surface area (Å²) in [4.78, 5) is 28.6. The first-order valence-corrected chi connectivity index (χ1v) is 25.3. The van der Waals surface area contributed by atoms with Crippen LogP contribution in [-0.4, -0.2) is 89.4 Å². The van der Waals surface area contributed by atoms with E-state index in [2.05, 4.69) is 31.9 Å². The Bertz CT molecular complexity index is 2470. The first kappa shape index (κ1) is 47.7. The van der Waals surface area contributed by atoms with Gasteiger partial charge in [0.1, 0.15) is 43.8 Å². The number of nitrogens with zero attached hydrogens (tertiary/aromatic N) is 2. The van der Waals surface area contributed by atoms with Crippen molar-refractivity contribution < 1.29 is 54.2 Å². The maximum absolute atomic E-state index is 14.1. The third-order valence-corrected chi connectivity index (χ3v) is 18.1. The number of hydrogen-bond donors (Lipinski definition) is 0. The van der Waals surface area contributed by atoms with Gasteiger partial charge in [0.2, 0.25) is 0 Å². The number of halogens is 4. The van der Waals surface area contributed by atoms with Crippen LogP contribution < -0.4 is 9.47 Å². The maximum atomic E-state index is 14.1. The Labute approximate surface area is 389 Å². The summed E-state index contributed by atoms with van der Waals surface area (Å²) in [7, 11) is -7.90. The molecule has 4 heterocycles. The largest absolute Gasteiger partial charge is 0.493 e. The van der Waals surface area contributed by atoms with Crippen molar-refractivity contribution in [1.82, 2.24) is 9.80 Å². The Morgan fingerprint density at radius 1 is 0.609 bits per heavy atom. The number of likely N-dealkylation sites (tertiary alicyclic amines) is 2. The van der Waals surface area contributed by atoms with Gasteiger partial charge in [0.25, 0.3) is 0 Å². The Hall–Kier alpha value is -4.26. The second kappa shape index (κ2) is 17.5. The molecule has 64 heavy (non-hydrogen) atoms. The van der Waals surface area contributed by atoms with Gasteiger partial charge >= 0.3 is 12.2 Å². The monoisotopic (exact) mass is 1050 g/mol. The summed E-state index contributed by atoms with van der Waals surface area (Å²) >= 11 is 6.83. The van der Waals surface area contributed by atoms with Gasteiger partial charge in [-0.25, -0.2) is 35.2 Å². The fourth-order valence-corrected chi connectivity index (χ4v) is 14.4. The van der Waals surface area contributed by atoms with E-state index in [0.29, 0.717) is 22.6 Å². The normalized spacial score (nSPS) is 23.0. The molecule has 0 bridgehead atoms. The fraction of sp³-hybridized carbons (Fsp3) is 0.435. The lowest BCUT2D eigenvalue weighted by Crippen LogP contribution is -2.59. The van der Waals surface area contributed by atoms with Crippen LogP contribution in [0.2, 0.25) is 0 Å². The third-order valence-electron chi connectivity index (χ3n) is 11.9. The molecule has 0 radical (unpaired) electrons. The van der Waals surface area contributed by atoms with Gasteiger partial charge in [-0.05, 0) is 127 Å². The summed E-state index contributed by atoms with van der Waals surface area (Å²) in [5.74, 6) is -1.07. The molecule has 4 aromatic rings. The minimum atomic E-state index is -3.95. The Morgan fingerprint density at radius 2 is 0.953 bits per heavy atom. The Kier molecular flexibility index (Phi) is 13.1. The number of sulfone groups is 2. The van der Waals surface area contributed by atoms with Crippen LogP contribution in [0.3, 0.4) is 0 Å². The summed E-state index contributed by atoms with van der Waals surface area (Å²) in [6, 6.07) is 20.4. The topological polar surface area (TPSA) is 146 Å². The molecule has 12 nitrogen and oxygen atoms in total.